The Labute approximate surface area is 256 Å². The lowest BCUT2D eigenvalue weighted by molar-refractivity contribution is -0.136. The molecule has 0 aromatic heterocycles. The molecule has 228 valence electrons. The average Bonchev–Trinajstić information content (AvgIpc) is 2.85. The van der Waals surface area contributed by atoms with Gasteiger partial charge >= 0.3 is 0 Å². The first-order valence-corrected chi connectivity index (χ1v) is 13.9. The zero-order valence-corrected chi connectivity index (χ0v) is 25.5. The molecule has 40 heavy (non-hydrogen) atoms. The molecule has 0 spiro atoms. The number of nitrogens with zero attached hydrogens (tertiary/aromatic N) is 1. The van der Waals surface area contributed by atoms with Gasteiger partial charge in [0.2, 0.25) is 17.7 Å². The highest BCUT2D eigenvalue weighted by Gasteiger charge is 2.52. The molecule has 1 aromatic carbocycles. The molecule has 0 saturated heterocycles. The highest BCUT2D eigenvalue weighted by molar-refractivity contribution is 5.92. The second kappa shape index (κ2) is 16.7. The van der Waals surface area contributed by atoms with E-state index in [2.05, 4.69) is 10.6 Å². The molecular weight excluding hydrogens is 575 g/mol. The Morgan fingerprint density at radius 1 is 0.875 bits per heavy atom. The van der Waals surface area contributed by atoms with E-state index in [9.17, 15) is 14.4 Å². The number of benzene rings is 1. The summed E-state index contributed by atoms with van der Waals surface area (Å²) >= 11 is 0. The summed E-state index contributed by atoms with van der Waals surface area (Å²) in [4.78, 5) is 40.9. The van der Waals surface area contributed by atoms with Gasteiger partial charge in [0.25, 0.3) is 0 Å². The molecular formula is C28H47Cl3N6O3. The summed E-state index contributed by atoms with van der Waals surface area (Å²) in [5.74, 6) is 1.21. The van der Waals surface area contributed by atoms with Gasteiger partial charge < -0.3 is 32.7 Å². The molecule has 5 rings (SSSR count). The summed E-state index contributed by atoms with van der Waals surface area (Å²) in [6.07, 6.45) is 7.93. The zero-order valence-electron chi connectivity index (χ0n) is 23.1. The van der Waals surface area contributed by atoms with Crippen LogP contribution in [0.1, 0.15) is 56.9 Å². The van der Waals surface area contributed by atoms with E-state index in [1.165, 1.54) is 24.2 Å². The molecule has 4 aliphatic carbocycles. The second-order valence-corrected chi connectivity index (χ2v) is 11.5. The van der Waals surface area contributed by atoms with Gasteiger partial charge in [-0.25, -0.2) is 0 Å². The third-order valence-corrected chi connectivity index (χ3v) is 8.51. The Kier molecular flexibility index (Phi) is 15.2. The van der Waals surface area contributed by atoms with Crippen molar-refractivity contribution in [2.45, 2.75) is 75.4 Å². The van der Waals surface area contributed by atoms with Crippen LogP contribution in [0.25, 0.3) is 0 Å². The van der Waals surface area contributed by atoms with Crippen LogP contribution in [0.5, 0.6) is 0 Å². The summed E-state index contributed by atoms with van der Waals surface area (Å²) in [5, 5.41) is 6.28. The van der Waals surface area contributed by atoms with Gasteiger partial charge in [0.15, 0.2) is 0 Å². The molecule has 12 heteroatoms. The van der Waals surface area contributed by atoms with Gasteiger partial charge in [0, 0.05) is 31.7 Å². The van der Waals surface area contributed by atoms with Crippen molar-refractivity contribution in [1.82, 2.24) is 15.5 Å². The number of carbonyl (C=O) groups is 3. The molecule has 8 N–H and O–H groups in total. The number of nitrogens with one attached hydrogen (secondary N) is 2. The fourth-order valence-corrected chi connectivity index (χ4v) is 7.20. The minimum Gasteiger partial charge on any atom is -0.349 e. The van der Waals surface area contributed by atoms with Gasteiger partial charge in [-0.2, -0.15) is 0 Å². The van der Waals surface area contributed by atoms with Crippen LogP contribution in [0.15, 0.2) is 30.3 Å². The van der Waals surface area contributed by atoms with Crippen molar-refractivity contribution in [3.05, 3.63) is 35.9 Å². The van der Waals surface area contributed by atoms with E-state index >= 15 is 0 Å². The Morgan fingerprint density at radius 3 is 1.90 bits per heavy atom. The molecule has 4 aliphatic rings. The third-order valence-electron chi connectivity index (χ3n) is 8.51. The van der Waals surface area contributed by atoms with Crippen molar-refractivity contribution < 1.29 is 14.4 Å². The van der Waals surface area contributed by atoms with Crippen molar-refractivity contribution in [3.8, 4) is 0 Å². The van der Waals surface area contributed by atoms with Gasteiger partial charge in [0.1, 0.15) is 6.04 Å². The summed E-state index contributed by atoms with van der Waals surface area (Å²) in [5.41, 5.74) is 18.3. The lowest BCUT2D eigenvalue weighted by Crippen LogP contribution is -2.63. The highest BCUT2D eigenvalue weighted by atomic mass is 35.5. The predicted octanol–water partition coefficient (Wildman–Crippen LogP) is 1.92. The highest BCUT2D eigenvalue weighted by Crippen LogP contribution is 2.55. The zero-order chi connectivity index (χ0) is 26.4. The van der Waals surface area contributed by atoms with Gasteiger partial charge in [-0.05, 0) is 74.7 Å². The third kappa shape index (κ3) is 9.46. The molecule has 3 amide bonds. The van der Waals surface area contributed by atoms with Gasteiger partial charge in [-0.1, -0.05) is 30.3 Å². The summed E-state index contributed by atoms with van der Waals surface area (Å²) in [6.45, 7) is 1.33. The van der Waals surface area contributed by atoms with Gasteiger partial charge in [0.05, 0.1) is 12.5 Å². The summed E-state index contributed by atoms with van der Waals surface area (Å²) in [7, 11) is 0. The predicted molar refractivity (Wildman–Crippen MR) is 165 cm³/mol. The number of rotatable bonds is 13. The smallest absolute Gasteiger partial charge is 0.243 e. The SMILES string of the molecule is Cl.Cl.Cl.NCCN(CCN)C(=O)C[C@H](N)C(=O)N[C@@H](CCc1ccccc1)C(=O)NC12CC3CC(CC(C3)C1)C2. The van der Waals surface area contributed by atoms with Crippen LogP contribution >= 0.6 is 37.2 Å². The van der Waals surface area contributed by atoms with Gasteiger partial charge in [-0.15, -0.1) is 37.2 Å². The fraction of sp³-hybridized carbons (Fsp3) is 0.679. The topological polar surface area (TPSA) is 157 Å². The minimum absolute atomic E-state index is 0. The number of amides is 3. The number of aryl methyl sites for hydroxylation is 1. The van der Waals surface area contributed by atoms with Crippen molar-refractivity contribution >= 4 is 54.9 Å². The van der Waals surface area contributed by atoms with Crippen molar-refractivity contribution in [2.75, 3.05) is 26.2 Å². The maximum absolute atomic E-state index is 13.6. The van der Waals surface area contributed by atoms with Gasteiger partial charge in [-0.3, -0.25) is 14.4 Å². The average molecular weight is 622 g/mol. The molecule has 0 unspecified atom stereocenters. The Bertz CT molecular complexity index is 913. The number of carbonyl (C=O) groups excluding carboxylic acids is 3. The molecule has 4 saturated carbocycles. The first-order valence-electron chi connectivity index (χ1n) is 13.9. The molecule has 4 bridgehead atoms. The molecule has 0 radical (unpaired) electrons. The van der Waals surface area contributed by atoms with Crippen LogP contribution in [0.4, 0.5) is 0 Å². The van der Waals surface area contributed by atoms with E-state index in [0.717, 1.165) is 24.8 Å². The Balaban J connectivity index is 0.00000267. The number of hydrogen-bond acceptors (Lipinski definition) is 6. The van der Waals surface area contributed by atoms with Crippen LogP contribution in [-0.2, 0) is 20.8 Å². The van der Waals surface area contributed by atoms with E-state index in [-0.39, 0.29) is 61.0 Å². The largest absolute Gasteiger partial charge is 0.349 e. The monoisotopic (exact) mass is 620 g/mol. The first-order chi connectivity index (χ1) is 17.8. The van der Waals surface area contributed by atoms with Crippen molar-refractivity contribution in [1.29, 1.82) is 0 Å². The molecule has 4 fully saturated rings. The van der Waals surface area contributed by atoms with E-state index in [0.29, 0.717) is 56.8 Å². The Morgan fingerprint density at radius 2 is 1.40 bits per heavy atom. The lowest BCUT2D eigenvalue weighted by Gasteiger charge is -2.57. The summed E-state index contributed by atoms with van der Waals surface area (Å²) < 4.78 is 0. The summed E-state index contributed by atoms with van der Waals surface area (Å²) in [6, 6.07) is 8.15. The molecule has 0 aliphatic heterocycles. The van der Waals surface area contributed by atoms with E-state index in [1.54, 1.807) is 0 Å². The molecule has 9 nitrogen and oxygen atoms in total. The first kappa shape index (κ1) is 36.4. The minimum atomic E-state index is -1.06. The number of nitrogens with two attached hydrogens (primary N) is 3. The quantitative estimate of drug-likeness (QED) is 0.227. The number of halogens is 3. The lowest BCUT2D eigenvalue weighted by atomic mass is 9.53. The van der Waals surface area contributed by atoms with E-state index < -0.39 is 18.0 Å². The van der Waals surface area contributed by atoms with Crippen LogP contribution in [0.3, 0.4) is 0 Å². The van der Waals surface area contributed by atoms with Crippen molar-refractivity contribution in [3.63, 3.8) is 0 Å². The Hall–Kier alpha value is -1.62. The van der Waals surface area contributed by atoms with E-state index in [4.69, 9.17) is 17.2 Å². The van der Waals surface area contributed by atoms with Crippen LogP contribution in [0.2, 0.25) is 0 Å². The van der Waals surface area contributed by atoms with Crippen LogP contribution < -0.4 is 27.8 Å². The fourth-order valence-electron chi connectivity index (χ4n) is 7.20. The maximum Gasteiger partial charge on any atom is 0.243 e. The van der Waals surface area contributed by atoms with E-state index in [1.807, 2.05) is 30.3 Å². The standard InChI is InChI=1S/C28H44N6O3.3ClH/c29-8-10-34(11-9-30)25(35)15-23(31)26(36)32-24(7-6-19-4-2-1-3-5-19)27(37)33-28-16-20-12-21(17-28)14-22(13-20)18-28;;;/h1-5,20-24H,6-18,29-31H2,(H,32,36)(H,33,37);3*1H/t20?,21?,22?,23-,24-,28?;;;/m0.../s1. The molecule has 2 atom stereocenters. The normalized spacial score (nSPS) is 25.3. The van der Waals surface area contributed by atoms with Crippen molar-refractivity contribution in [2.24, 2.45) is 35.0 Å². The molecule has 0 heterocycles. The van der Waals surface area contributed by atoms with Crippen LogP contribution in [-0.4, -0.2) is 66.4 Å². The molecule has 1 aromatic rings. The maximum atomic E-state index is 13.6. The second-order valence-electron chi connectivity index (χ2n) is 11.5. The number of hydrogen-bond donors (Lipinski definition) is 5. The van der Waals surface area contributed by atoms with Crippen LogP contribution in [0, 0.1) is 17.8 Å².